The largest absolute Gasteiger partial charge is 0.491 e. The van der Waals surface area contributed by atoms with Crippen molar-refractivity contribution < 1.29 is 14.4 Å². The molecular formula is C14H21BFNO2. The number of rotatable bonds is 7. The number of hydrogen-bond donors (Lipinski definition) is 2. The number of nitrogens with zero attached hydrogens (tertiary/aromatic N) is 1. The van der Waals surface area contributed by atoms with Crippen molar-refractivity contribution in [2.45, 2.75) is 32.7 Å². The lowest BCUT2D eigenvalue weighted by molar-refractivity contribution is 0.255. The lowest BCUT2D eigenvalue weighted by Gasteiger charge is -2.22. The molecule has 19 heavy (non-hydrogen) atoms. The van der Waals surface area contributed by atoms with Crippen molar-refractivity contribution in [1.29, 1.82) is 0 Å². The second kappa shape index (κ2) is 6.50. The van der Waals surface area contributed by atoms with Crippen molar-refractivity contribution in [3.8, 4) is 0 Å². The Morgan fingerprint density at radius 2 is 2.11 bits per heavy atom. The molecule has 1 aliphatic carbocycles. The summed E-state index contributed by atoms with van der Waals surface area (Å²) in [6.07, 6.45) is 3.71. The predicted molar refractivity (Wildman–Crippen MR) is 74.5 cm³/mol. The molecule has 0 aromatic heterocycles. The molecule has 3 nitrogen and oxygen atoms in total. The summed E-state index contributed by atoms with van der Waals surface area (Å²) < 4.78 is 13.4. The fourth-order valence-corrected chi connectivity index (χ4v) is 2.36. The molecular weight excluding hydrogens is 244 g/mol. The first-order valence-corrected chi connectivity index (χ1v) is 6.97. The van der Waals surface area contributed by atoms with Crippen LogP contribution >= 0.6 is 0 Å². The third kappa shape index (κ3) is 4.30. The van der Waals surface area contributed by atoms with Crippen molar-refractivity contribution in [3.05, 3.63) is 29.6 Å². The average molecular weight is 265 g/mol. The third-order valence-corrected chi connectivity index (χ3v) is 3.50. The normalized spacial score (nSPS) is 15.0. The van der Waals surface area contributed by atoms with Gasteiger partial charge in [-0.05, 0) is 43.4 Å². The van der Waals surface area contributed by atoms with E-state index in [0.29, 0.717) is 0 Å². The summed E-state index contributed by atoms with van der Waals surface area (Å²) >= 11 is 0. The first-order chi connectivity index (χ1) is 9.10. The zero-order valence-corrected chi connectivity index (χ0v) is 11.3. The molecule has 0 radical (unpaired) electrons. The highest BCUT2D eigenvalue weighted by Crippen LogP contribution is 2.30. The van der Waals surface area contributed by atoms with E-state index in [2.05, 4.69) is 11.8 Å². The van der Waals surface area contributed by atoms with Crippen LogP contribution < -0.4 is 5.46 Å². The zero-order chi connectivity index (χ0) is 13.8. The van der Waals surface area contributed by atoms with E-state index in [1.807, 2.05) is 0 Å². The highest BCUT2D eigenvalue weighted by molar-refractivity contribution is 6.58. The van der Waals surface area contributed by atoms with Crippen LogP contribution in [0.2, 0.25) is 0 Å². The second-order valence-corrected chi connectivity index (χ2v) is 5.41. The van der Waals surface area contributed by atoms with E-state index in [4.69, 9.17) is 10.0 Å². The van der Waals surface area contributed by atoms with Crippen LogP contribution in [0, 0.1) is 11.7 Å². The first-order valence-electron chi connectivity index (χ1n) is 6.97. The maximum absolute atomic E-state index is 13.4. The van der Waals surface area contributed by atoms with Crippen molar-refractivity contribution in [2.75, 3.05) is 13.1 Å². The maximum atomic E-state index is 13.4. The Balaban J connectivity index is 2.04. The summed E-state index contributed by atoms with van der Waals surface area (Å²) in [4.78, 5) is 2.36. The topological polar surface area (TPSA) is 43.7 Å². The molecule has 1 aromatic rings. The van der Waals surface area contributed by atoms with E-state index >= 15 is 0 Å². The van der Waals surface area contributed by atoms with Gasteiger partial charge in [0.05, 0.1) is 0 Å². The standard InChI is InChI=1S/C14H21BFNO2/c1-2-7-17(9-11-3-4-11)10-12-5-6-14(16)13(8-12)15(18)19/h5-6,8,11,18-19H,2-4,7,9-10H2,1H3. The number of hydrogen-bond acceptors (Lipinski definition) is 3. The van der Waals surface area contributed by atoms with Crippen LogP contribution in [0.25, 0.3) is 0 Å². The molecule has 0 amide bonds. The van der Waals surface area contributed by atoms with Gasteiger partial charge in [0.2, 0.25) is 0 Å². The molecule has 104 valence electrons. The summed E-state index contributed by atoms with van der Waals surface area (Å²) in [6, 6.07) is 4.58. The molecule has 5 heteroatoms. The van der Waals surface area contributed by atoms with Gasteiger partial charge in [0, 0.05) is 18.6 Å². The van der Waals surface area contributed by atoms with Crippen LogP contribution in [0.1, 0.15) is 31.7 Å². The molecule has 1 aromatic carbocycles. The minimum Gasteiger partial charge on any atom is -0.423 e. The number of halogens is 1. The molecule has 2 N–H and O–H groups in total. The van der Waals surface area contributed by atoms with Crippen LogP contribution in [-0.2, 0) is 6.54 Å². The third-order valence-electron chi connectivity index (χ3n) is 3.50. The average Bonchev–Trinajstić information content (AvgIpc) is 3.15. The fourth-order valence-electron chi connectivity index (χ4n) is 2.36. The van der Waals surface area contributed by atoms with Gasteiger partial charge >= 0.3 is 7.12 Å². The lowest BCUT2D eigenvalue weighted by atomic mass is 9.79. The van der Waals surface area contributed by atoms with Gasteiger partial charge in [-0.3, -0.25) is 4.90 Å². The SMILES string of the molecule is CCCN(Cc1ccc(F)c(B(O)O)c1)CC1CC1. The minimum absolute atomic E-state index is 0.0413. The van der Waals surface area contributed by atoms with Gasteiger partial charge in [0.1, 0.15) is 5.82 Å². The van der Waals surface area contributed by atoms with Gasteiger partial charge in [-0.25, -0.2) is 4.39 Å². The smallest absolute Gasteiger partial charge is 0.423 e. The van der Waals surface area contributed by atoms with Crippen molar-refractivity contribution >= 4 is 12.6 Å². The molecule has 0 aliphatic heterocycles. The number of benzene rings is 1. The molecule has 2 rings (SSSR count). The van der Waals surface area contributed by atoms with Crippen LogP contribution in [0.5, 0.6) is 0 Å². The predicted octanol–water partition coefficient (Wildman–Crippen LogP) is 1.13. The molecule has 1 aliphatic rings. The molecule has 0 spiro atoms. The molecule has 0 saturated heterocycles. The van der Waals surface area contributed by atoms with Gasteiger partial charge in [-0.15, -0.1) is 0 Å². The van der Waals surface area contributed by atoms with Crippen LogP contribution in [-0.4, -0.2) is 35.2 Å². The van der Waals surface area contributed by atoms with Gasteiger partial charge in [-0.2, -0.15) is 0 Å². The Hall–Kier alpha value is -0.905. The van der Waals surface area contributed by atoms with Crippen molar-refractivity contribution in [3.63, 3.8) is 0 Å². The second-order valence-electron chi connectivity index (χ2n) is 5.41. The summed E-state index contributed by atoms with van der Waals surface area (Å²) in [7, 11) is -1.75. The summed E-state index contributed by atoms with van der Waals surface area (Å²) in [5, 5.41) is 18.2. The zero-order valence-electron chi connectivity index (χ0n) is 11.3. The van der Waals surface area contributed by atoms with Gasteiger partial charge in [0.25, 0.3) is 0 Å². The quantitative estimate of drug-likeness (QED) is 0.726. The lowest BCUT2D eigenvalue weighted by Crippen LogP contribution is -2.34. The van der Waals surface area contributed by atoms with E-state index in [1.165, 1.54) is 18.9 Å². The summed E-state index contributed by atoms with van der Waals surface area (Å²) in [5.74, 6) is 0.248. The van der Waals surface area contributed by atoms with Crippen LogP contribution in [0.15, 0.2) is 18.2 Å². The highest BCUT2D eigenvalue weighted by Gasteiger charge is 2.24. The fraction of sp³-hybridized carbons (Fsp3) is 0.571. The van der Waals surface area contributed by atoms with Crippen LogP contribution in [0.3, 0.4) is 0 Å². The summed E-state index contributed by atoms with van der Waals surface area (Å²) in [5.41, 5.74) is 0.888. The van der Waals surface area contributed by atoms with E-state index < -0.39 is 12.9 Å². The Labute approximate surface area is 114 Å². The van der Waals surface area contributed by atoms with Gasteiger partial charge in [0.15, 0.2) is 0 Å². The molecule has 1 saturated carbocycles. The maximum Gasteiger partial charge on any atom is 0.491 e. The monoisotopic (exact) mass is 265 g/mol. The first kappa shape index (κ1) is 14.5. The molecule has 0 atom stereocenters. The molecule has 1 fully saturated rings. The van der Waals surface area contributed by atoms with E-state index in [9.17, 15) is 4.39 Å². The van der Waals surface area contributed by atoms with Gasteiger partial charge < -0.3 is 10.0 Å². The van der Waals surface area contributed by atoms with Gasteiger partial charge in [-0.1, -0.05) is 19.1 Å². The van der Waals surface area contributed by atoms with E-state index in [-0.39, 0.29) is 5.46 Å². The molecule has 0 heterocycles. The molecule has 0 unspecified atom stereocenters. The Bertz CT molecular complexity index is 424. The van der Waals surface area contributed by atoms with Crippen molar-refractivity contribution in [2.24, 2.45) is 5.92 Å². The van der Waals surface area contributed by atoms with Crippen LogP contribution in [0.4, 0.5) is 4.39 Å². The molecule has 0 bridgehead atoms. The van der Waals surface area contributed by atoms with E-state index in [0.717, 1.165) is 37.5 Å². The van der Waals surface area contributed by atoms with Crippen molar-refractivity contribution in [1.82, 2.24) is 4.90 Å². The Kier molecular flexibility index (Phi) is 4.96. The Morgan fingerprint density at radius 1 is 1.37 bits per heavy atom. The minimum atomic E-state index is -1.75. The van der Waals surface area contributed by atoms with E-state index in [1.54, 1.807) is 12.1 Å². The Morgan fingerprint density at radius 3 is 2.68 bits per heavy atom. The highest BCUT2D eigenvalue weighted by atomic mass is 19.1. The summed E-state index contributed by atoms with van der Waals surface area (Å²) in [6.45, 7) is 4.99.